The van der Waals surface area contributed by atoms with Gasteiger partial charge in [-0.3, -0.25) is 5.32 Å². The molecule has 7 N–H and O–H groups in total. The summed E-state index contributed by atoms with van der Waals surface area (Å²) in [5, 5.41) is 32.8. The first-order valence-electron chi connectivity index (χ1n) is 7.05. The van der Waals surface area contributed by atoms with Crippen molar-refractivity contribution in [2.45, 2.75) is 31.1 Å². The lowest BCUT2D eigenvalue weighted by Crippen LogP contribution is -2.50. The van der Waals surface area contributed by atoms with Gasteiger partial charge in [0.05, 0.1) is 13.2 Å². The van der Waals surface area contributed by atoms with Crippen LogP contribution < -0.4 is 16.4 Å². The fourth-order valence-electron chi connectivity index (χ4n) is 2.10. The summed E-state index contributed by atoms with van der Waals surface area (Å²) in [6.45, 7) is -0.167. The average molecular weight is 324 g/mol. The Labute approximate surface area is 132 Å². The molecule has 0 aromatic heterocycles. The number of benzene rings is 1. The fraction of sp³-hybridized carbons (Fsp3) is 0.429. The average Bonchev–Trinajstić information content (AvgIpc) is 2.81. The molecule has 1 aliphatic heterocycles. The van der Waals surface area contributed by atoms with Crippen molar-refractivity contribution < 1.29 is 24.9 Å². The Morgan fingerprint density at radius 2 is 1.96 bits per heavy atom. The van der Waals surface area contributed by atoms with Gasteiger partial charge in [0.25, 0.3) is 0 Å². The number of amides is 2. The quantitative estimate of drug-likeness (QED) is 0.285. The number of carbonyl (C=O) groups is 1. The van der Waals surface area contributed by atoms with Crippen LogP contribution in [0.1, 0.15) is 5.56 Å². The first-order valence-corrected chi connectivity index (χ1v) is 7.05. The van der Waals surface area contributed by atoms with Gasteiger partial charge in [-0.15, -0.1) is 0 Å². The van der Waals surface area contributed by atoms with E-state index >= 15 is 0 Å². The van der Waals surface area contributed by atoms with E-state index in [1.165, 1.54) is 0 Å². The fourth-order valence-corrected chi connectivity index (χ4v) is 2.10. The number of aliphatic hydroxyl groups excluding tert-OH is 3. The highest BCUT2D eigenvalue weighted by Crippen LogP contribution is 2.19. The summed E-state index contributed by atoms with van der Waals surface area (Å²) in [6.07, 6.45) is -4.74. The van der Waals surface area contributed by atoms with Crippen molar-refractivity contribution in [3.63, 3.8) is 0 Å². The van der Waals surface area contributed by atoms with E-state index in [4.69, 9.17) is 15.6 Å². The lowest BCUT2D eigenvalue weighted by Gasteiger charge is -2.16. The van der Waals surface area contributed by atoms with Crippen molar-refractivity contribution in [2.24, 2.45) is 10.7 Å². The number of aliphatic imine (C=N–C) groups is 1. The van der Waals surface area contributed by atoms with E-state index in [1.807, 2.05) is 30.3 Å². The Balaban J connectivity index is 1.82. The number of nitrogens with one attached hydrogen (secondary N) is 2. The maximum atomic E-state index is 11.7. The van der Waals surface area contributed by atoms with Gasteiger partial charge in [-0.1, -0.05) is 30.3 Å². The number of nitrogens with zero attached hydrogens (tertiary/aromatic N) is 1. The van der Waals surface area contributed by atoms with Crippen LogP contribution in [-0.2, 0) is 11.3 Å². The maximum absolute atomic E-state index is 11.7. The summed E-state index contributed by atoms with van der Waals surface area (Å²) < 4.78 is 5.11. The van der Waals surface area contributed by atoms with E-state index in [9.17, 15) is 15.0 Å². The topological polar surface area (TPSA) is 149 Å². The van der Waals surface area contributed by atoms with Crippen LogP contribution in [0.5, 0.6) is 0 Å². The number of urea groups is 1. The SMILES string of the molecule is NC(=NCc1ccccc1)NC(=O)N[C@@H]1O[C@H](CO)[C@@H](O)[C@H]1O. The van der Waals surface area contributed by atoms with Gasteiger partial charge in [0.2, 0.25) is 0 Å². The van der Waals surface area contributed by atoms with E-state index in [1.54, 1.807) is 0 Å². The Kier molecular flexibility index (Phi) is 5.88. The Bertz CT molecular complexity index is 553. The normalized spacial score (nSPS) is 27.7. The number of rotatable bonds is 4. The second kappa shape index (κ2) is 7.88. The number of carbonyl (C=O) groups excluding carboxylic acids is 1. The van der Waals surface area contributed by atoms with Crippen molar-refractivity contribution in [3.8, 4) is 0 Å². The van der Waals surface area contributed by atoms with Gasteiger partial charge in [-0.25, -0.2) is 9.79 Å². The third-order valence-electron chi connectivity index (χ3n) is 3.33. The zero-order chi connectivity index (χ0) is 16.8. The van der Waals surface area contributed by atoms with Gasteiger partial charge in [0.1, 0.15) is 18.3 Å². The minimum absolute atomic E-state index is 0.0990. The van der Waals surface area contributed by atoms with Gasteiger partial charge in [0.15, 0.2) is 12.2 Å². The van der Waals surface area contributed by atoms with Crippen molar-refractivity contribution in [3.05, 3.63) is 35.9 Å². The summed E-state index contributed by atoms with van der Waals surface area (Å²) in [5.41, 5.74) is 6.53. The van der Waals surface area contributed by atoms with E-state index in [2.05, 4.69) is 15.6 Å². The molecular weight excluding hydrogens is 304 g/mol. The zero-order valence-electron chi connectivity index (χ0n) is 12.3. The highest BCUT2D eigenvalue weighted by Gasteiger charge is 2.43. The van der Waals surface area contributed by atoms with E-state index in [0.717, 1.165) is 5.56 Å². The summed E-state index contributed by atoms with van der Waals surface area (Å²) >= 11 is 0. The standard InChI is InChI=1S/C14H20N4O5/c15-13(16-6-8-4-2-1-3-5-8)18-14(22)17-12-11(21)10(20)9(7-19)23-12/h1-5,9-12,19-21H,6-7H2,(H4,15,16,17,18,22)/t9-,10-,11-,12-/m1/s1. The minimum Gasteiger partial charge on any atom is -0.394 e. The van der Waals surface area contributed by atoms with Gasteiger partial charge in [0, 0.05) is 0 Å². The predicted octanol–water partition coefficient (Wildman–Crippen LogP) is -1.76. The van der Waals surface area contributed by atoms with Crippen LogP contribution in [0.2, 0.25) is 0 Å². The molecule has 2 amide bonds. The van der Waals surface area contributed by atoms with Crippen LogP contribution in [0.25, 0.3) is 0 Å². The molecule has 1 saturated heterocycles. The van der Waals surface area contributed by atoms with Crippen LogP contribution in [0.4, 0.5) is 4.79 Å². The Morgan fingerprint density at radius 1 is 1.26 bits per heavy atom. The number of hydrogen-bond acceptors (Lipinski definition) is 6. The van der Waals surface area contributed by atoms with Crippen LogP contribution in [0.3, 0.4) is 0 Å². The highest BCUT2D eigenvalue weighted by molar-refractivity contribution is 5.95. The lowest BCUT2D eigenvalue weighted by atomic mass is 10.1. The van der Waals surface area contributed by atoms with Crippen LogP contribution in [0, 0.1) is 0 Å². The Hall–Kier alpha value is -2.20. The van der Waals surface area contributed by atoms with Crippen molar-refractivity contribution in [1.82, 2.24) is 10.6 Å². The first kappa shape index (κ1) is 17.2. The molecule has 9 heteroatoms. The molecule has 1 aromatic carbocycles. The molecule has 1 heterocycles. The maximum Gasteiger partial charge on any atom is 0.323 e. The minimum atomic E-state index is -1.35. The molecule has 0 radical (unpaired) electrons. The molecule has 0 saturated carbocycles. The number of nitrogens with two attached hydrogens (primary N) is 1. The van der Waals surface area contributed by atoms with Gasteiger partial charge in [-0.2, -0.15) is 0 Å². The van der Waals surface area contributed by atoms with Crippen molar-refractivity contribution in [1.29, 1.82) is 0 Å². The number of hydrogen-bond donors (Lipinski definition) is 6. The molecule has 0 aliphatic carbocycles. The largest absolute Gasteiger partial charge is 0.394 e. The van der Waals surface area contributed by atoms with E-state index in [0.29, 0.717) is 6.54 Å². The molecule has 126 valence electrons. The number of ether oxygens (including phenoxy) is 1. The molecule has 0 spiro atoms. The molecule has 1 aliphatic rings. The second-order valence-electron chi connectivity index (χ2n) is 5.04. The molecule has 9 nitrogen and oxygen atoms in total. The Morgan fingerprint density at radius 3 is 2.57 bits per heavy atom. The molecular formula is C14H20N4O5. The van der Waals surface area contributed by atoms with Crippen molar-refractivity contribution in [2.75, 3.05) is 6.61 Å². The molecule has 0 bridgehead atoms. The van der Waals surface area contributed by atoms with Crippen LogP contribution in [-0.4, -0.2) is 58.5 Å². The summed E-state index contributed by atoms with van der Waals surface area (Å²) in [7, 11) is 0. The summed E-state index contributed by atoms with van der Waals surface area (Å²) in [4.78, 5) is 15.8. The summed E-state index contributed by atoms with van der Waals surface area (Å²) in [5.74, 6) is -0.0990. The number of guanidine groups is 1. The highest BCUT2D eigenvalue weighted by atomic mass is 16.6. The van der Waals surface area contributed by atoms with E-state index in [-0.39, 0.29) is 5.96 Å². The monoisotopic (exact) mass is 324 g/mol. The smallest absolute Gasteiger partial charge is 0.323 e. The van der Waals surface area contributed by atoms with Crippen LogP contribution >= 0.6 is 0 Å². The van der Waals surface area contributed by atoms with Gasteiger partial charge >= 0.3 is 6.03 Å². The third kappa shape index (κ3) is 4.63. The molecule has 23 heavy (non-hydrogen) atoms. The second-order valence-corrected chi connectivity index (χ2v) is 5.04. The lowest BCUT2D eigenvalue weighted by molar-refractivity contribution is -0.0283. The predicted molar refractivity (Wildman–Crippen MR) is 81.2 cm³/mol. The van der Waals surface area contributed by atoms with Gasteiger partial charge in [-0.05, 0) is 5.56 Å². The summed E-state index contributed by atoms with van der Waals surface area (Å²) in [6, 6.07) is 8.61. The molecule has 1 fully saturated rings. The molecule has 4 atom stereocenters. The molecule has 2 rings (SSSR count). The van der Waals surface area contributed by atoms with Crippen LogP contribution in [0.15, 0.2) is 35.3 Å². The third-order valence-corrected chi connectivity index (χ3v) is 3.33. The van der Waals surface area contributed by atoms with Crippen molar-refractivity contribution >= 4 is 12.0 Å². The van der Waals surface area contributed by atoms with Gasteiger partial charge < -0.3 is 31.1 Å². The first-order chi connectivity index (χ1) is 11.0. The molecule has 0 unspecified atom stereocenters. The zero-order valence-corrected chi connectivity index (χ0v) is 12.3. The van der Waals surface area contributed by atoms with E-state index < -0.39 is 37.2 Å². The number of aliphatic hydroxyl groups is 3. The molecule has 1 aromatic rings.